The van der Waals surface area contributed by atoms with Crippen LogP contribution in [0.25, 0.3) is 44.5 Å². The Morgan fingerprint density at radius 1 is 0.298 bits per heavy atom. The Labute approximate surface area is 547 Å². The van der Waals surface area contributed by atoms with Crippen molar-refractivity contribution in [1.29, 1.82) is 0 Å². The molecule has 4 aliphatic carbocycles. The van der Waals surface area contributed by atoms with E-state index in [-0.39, 0.29) is 81.0 Å². The first-order valence-electron chi connectivity index (χ1n) is 31.6. The summed E-state index contributed by atoms with van der Waals surface area (Å²) in [6.07, 6.45) is 0.355. The van der Waals surface area contributed by atoms with Gasteiger partial charge in [-0.2, -0.15) is 0 Å². The number of aliphatic hydroxyl groups is 4. The largest absolute Gasteiger partial charge is 0.465 e. The van der Waals surface area contributed by atoms with E-state index in [2.05, 4.69) is 108 Å². The van der Waals surface area contributed by atoms with Gasteiger partial charge >= 0.3 is 23.9 Å². The molecular formula is C80H74N2O12. The fourth-order valence-corrected chi connectivity index (χ4v) is 12.7. The SMILES string of the molecule is O=C(CCNc1ccc(CO)cc1)OCC1c2ccccc2-c2ccccc21.O=C(CCO)OCC1c2ccccc2-c2ccccc21.O=C(CNc1ccc(CO)cc1)OCC1c2ccccc2-c2ccccc21.O=C(CO)OCC1c2ccccc2-c2ccccc21. The fourth-order valence-electron chi connectivity index (χ4n) is 12.7. The Hall–Kier alpha value is -10.5. The van der Waals surface area contributed by atoms with Gasteiger partial charge in [-0.3, -0.25) is 14.4 Å². The van der Waals surface area contributed by atoms with Gasteiger partial charge in [-0.15, -0.1) is 0 Å². The van der Waals surface area contributed by atoms with Crippen LogP contribution in [-0.4, -0.2) is 97.0 Å². The minimum atomic E-state index is -0.582. The van der Waals surface area contributed by atoms with Crippen molar-refractivity contribution in [2.45, 2.75) is 49.7 Å². The van der Waals surface area contributed by atoms with Crippen molar-refractivity contribution in [2.75, 3.05) is 63.4 Å². The van der Waals surface area contributed by atoms with Crippen LogP contribution in [0.5, 0.6) is 0 Å². The highest BCUT2D eigenvalue weighted by atomic mass is 16.5. The molecule has 476 valence electrons. The van der Waals surface area contributed by atoms with Crippen molar-refractivity contribution in [3.05, 3.63) is 298 Å². The number of rotatable bonds is 20. The lowest BCUT2D eigenvalue weighted by Crippen LogP contribution is -2.19. The first-order valence-corrected chi connectivity index (χ1v) is 31.6. The number of carbonyl (C=O) groups excluding carboxylic acids is 4. The Balaban J connectivity index is 0.000000130. The summed E-state index contributed by atoms with van der Waals surface area (Å²) in [5.74, 6) is -1.12. The van der Waals surface area contributed by atoms with Gasteiger partial charge in [-0.25, -0.2) is 4.79 Å². The summed E-state index contributed by atoms with van der Waals surface area (Å²) in [7, 11) is 0. The number of fused-ring (bicyclic) bond motifs is 12. The topological polar surface area (TPSA) is 210 Å². The second kappa shape index (κ2) is 31.7. The zero-order valence-corrected chi connectivity index (χ0v) is 51.9. The van der Waals surface area contributed by atoms with E-state index in [1.165, 1.54) is 89.0 Å². The van der Waals surface area contributed by atoms with Gasteiger partial charge in [0.2, 0.25) is 0 Å². The summed E-state index contributed by atoms with van der Waals surface area (Å²) < 4.78 is 21.5. The minimum absolute atomic E-state index is 0.00661. The van der Waals surface area contributed by atoms with E-state index >= 15 is 0 Å². The molecule has 0 saturated carbocycles. The number of aliphatic hydroxyl groups excluding tert-OH is 4. The molecule has 0 aromatic heterocycles. The molecule has 4 aliphatic rings. The molecule has 0 atom stereocenters. The summed E-state index contributed by atoms with van der Waals surface area (Å²) >= 11 is 0. The fraction of sp³-hybridized carbons (Fsp3) is 0.200. The summed E-state index contributed by atoms with van der Waals surface area (Å²) in [5.41, 5.74) is 22.8. The average Bonchev–Trinajstić information content (AvgIpc) is 1.66. The second-order valence-electron chi connectivity index (χ2n) is 23.0. The molecule has 10 aromatic carbocycles. The molecule has 0 bridgehead atoms. The number of anilines is 2. The smallest absolute Gasteiger partial charge is 0.331 e. The number of nitrogens with one attached hydrogen (secondary N) is 2. The van der Waals surface area contributed by atoms with Gasteiger partial charge in [-0.05, 0) is 124 Å². The van der Waals surface area contributed by atoms with Gasteiger partial charge in [-0.1, -0.05) is 218 Å². The van der Waals surface area contributed by atoms with Gasteiger partial charge in [0.1, 0.15) is 39.6 Å². The van der Waals surface area contributed by atoms with Crippen molar-refractivity contribution >= 4 is 35.3 Å². The lowest BCUT2D eigenvalue weighted by atomic mass is 9.98. The van der Waals surface area contributed by atoms with Crippen LogP contribution in [0.4, 0.5) is 11.4 Å². The summed E-state index contributed by atoms with van der Waals surface area (Å²) in [5, 5.41) is 41.9. The molecule has 0 spiro atoms. The van der Waals surface area contributed by atoms with Crippen LogP contribution in [-0.2, 0) is 51.3 Å². The van der Waals surface area contributed by atoms with Crippen LogP contribution in [0.15, 0.2) is 243 Å². The van der Waals surface area contributed by atoms with E-state index in [1.807, 2.05) is 146 Å². The van der Waals surface area contributed by atoms with E-state index in [9.17, 15) is 19.2 Å². The zero-order valence-electron chi connectivity index (χ0n) is 51.9. The Morgan fingerprint density at radius 2 is 0.553 bits per heavy atom. The molecule has 0 unspecified atom stereocenters. The van der Waals surface area contributed by atoms with E-state index in [1.54, 1.807) is 0 Å². The zero-order chi connectivity index (χ0) is 65.2. The second-order valence-corrected chi connectivity index (χ2v) is 23.0. The number of ether oxygens (including phenoxy) is 4. The van der Waals surface area contributed by atoms with Crippen LogP contribution in [0.1, 0.15) is 92.1 Å². The van der Waals surface area contributed by atoms with Crippen LogP contribution >= 0.6 is 0 Å². The van der Waals surface area contributed by atoms with E-state index in [4.69, 9.17) is 39.4 Å². The van der Waals surface area contributed by atoms with Gasteiger partial charge in [0.05, 0.1) is 32.7 Å². The molecular weight excluding hydrogens is 1180 g/mol. The predicted octanol–water partition coefficient (Wildman–Crippen LogP) is 13.3. The normalized spacial score (nSPS) is 12.6. The molecule has 0 heterocycles. The minimum Gasteiger partial charge on any atom is -0.465 e. The van der Waals surface area contributed by atoms with Crippen molar-refractivity contribution < 1.29 is 58.6 Å². The third-order valence-corrected chi connectivity index (χ3v) is 17.3. The van der Waals surface area contributed by atoms with Crippen LogP contribution in [0.3, 0.4) is 0 Å². The molecule has 0 aliphatic heterocycles. The first kappa shape index (κ1) is 65.0. The molecule has 0 fully saturated rings. The monoisotopic (exact) mass is 1250 g/mol. The molecule has 0 saturated heterocycles. The summed E-state index contributed by atoms with van der Waals surface area (Å²) in [6, 6.07) is 80.8. The van der Waals surface area contributed by atoms with Crippen LogP contribution < -0.4 is 10.6 Å². The highest BCUT2D eigenvalue weighted by Crippen LogP contribution is 2.48. The molecule has 0 amide bonds. The van der Waals surface area contributed by atoms with Crippen molar-refractivity contribution in [3.8, 4) is 44.5 Å². The summed E-state index contributed by atoms with van der Waals surface area (Å²) in [6.45, 7) is 1.19. The van der Waals surface area contributed by atoms with Crippen molar-refractivity contribution in [1.82, 2.24) is 0 Å². The van der Waals surface area contributed by atoms with Crippen LogP contribution in [0, 0.1) is 0 Å². The average molecular weight is 1260 g/mol. The van der Waals surface area contributed by atoms with Crippen LogP contribution in [0.2, 0.25) is 0 Å². The highest BCUT2D eigenvalue weighted by molar-refractivity contribution is 5.83. The van der Waals surface area contributed by atoms with Crippen molar-refractivity contribution in [2.24, 2.45) is 0 Å². The molecule has 10 aromatic rings. The number of esters is 4. The predicted molar refractivity (Wildman–Crippen MR) is 364 cm³/mol. The van der Waals surface area contributed by atoms with Gasteiger partial charge in [0, 0.05) is 41.6 Å². The number of benzene rings is 10. The Bertz CT molecular complexity index is 4060. The summed E-state index contributed by atoms with van der Waals surface area (Å²) in [4.78, 5) is 47.0. The lowest BCUT2D eigenvalue weighted by Gasteiger charge is -2.14. The van der Waals surface area contributed by atoms with E-state index in [0.29, 0.717) is 32.8 Å². The number of carbonyl (C=O) groups is 4. The van der Waals surface area contributed by atoms with E-state index in [0.717, 1.165) is 22.5 Å². The molecule has 14 heteroatoms. The quantitative estimate of drug-likeness (QED) is 0.0310. The van der Waals surface area contributed by atoms with Gasteiger partial charge < -0.3 is 50.0 Å². The van der Waals surface area contributed by atoms with Gasteiger partial charge in [0.25, 0.3) is 0 Å². The maximum atomic E-state index is 12.2. The Morgan fingerprint density at radius 3 is 0.830 bits per heavy atom. The molecule has 0 radical (unpaired) electrons. The van der Waals surface area contributed by atoms with E-state index < -0.39 is 12.6 Å². The third-order valence-electron chi connectivity index (χ3n) is 17.3. The maximum absolute atomic E-state index is 12.2. The first-order chi connectivity index (χ1) is 46.1. The molecule has 6 N–H and O–H groups in total. The van der Waals surface area contributed by atoms with Crippen molar-refractivity contribution in [3.63, 3.8) is 0 Å². The lowest BCUT2D eigenvalue weighted by molar-refractivity contribution is -0.147. The highest BCUT2D eigenvalue weighted by Gasteiger charge is 2.33. The number of hydrogen-bond donors (Lipinski definition) is 6. The molecule has 14 rings (SSSR count). The molecule has 14 nitrogen and oxygen atoms in total. The third kappa shape index (κ3) is 15.4. The Kier molecular flexibility index (Phi) is 21.9. The molecule has 94 heavy (non-hydrogen) atoms. The van der Waals surface area contributed by atoms with Gasteiger partial charge in [0.15, 0.2) is 0 Å². The maximum Gasteiger partial charge on any atom is 0.331 e. The number of hydrogen-bond acceptors (Lipinski definition) is 14. The standard InChI is InChI=1S/C24H23NO3.C23H21NO3.C17H16O3.C16H14O3/c26-15-17-9-11-18(12-10-17)25-14-13-24(27)28-16-23-21-7-3-1-5-19(21)20-6-2-4-8-22(20)23;25-14-16-9-11-17(12-10-16)24-13-23(26)27-15-22-20-7-3-1-5-18(20)19-6-2-4-8-21(19)22;18-10-9-17(19)20-11-16-14-7-3-1-5-12(14)13-6-2-4-8-15(13)16;17-9-16(18)19-10-15-13-7-3-1-5-11(13)12-6-2-4-8-14(12)15/h1-12,23,25-26H,13-16H2;1-12,22,24-25H,13-15H2;1-8,16,18H,9-11H2;1-8,15,17H,9-10H2.